The van der Waals surface area contributed by atoms with Crippen LogP contribution in [0.15, 0.2) is 108 Å². The number of hydrogen-bond donors (Lipinski definition) is 1. The van der Waals surface area contributed by atoms with Crippen molar-refractivity contribution in [2.45, 2.75) is 0 Å². The van der Waals surface area contributed by atoms with Crippen molar-refractivity contribution in [2.24, 2.45) is 5.10 Å². The van der Waals surface area contributed by atoms with Gasteiger partial charge in [0.15, 0.2) is 6.61 Å². The van der Waals surface area contributed by atoms with Crippen LogP contribution >= 0.6 is 0 Å². The van der Waals surface area contributed by atoms with Gasteiger partial charge in [-0.1, -0.05) is 91.0 Å². The summed E-state index contributed by atoms with van der Waals surface area (Å²) >= 11 is 0. The number of hydrazone groups is 1. The molecule has 1 amide bonds. The van der Waals surface area contributed by atoms with Gasteiger partial charge in [-0.05, 0) is 22.9 Å². The van der Waals surface area contributed by atoms with Gasteiger partial charge in [-0.3, -0.25) is 4.79 Å². The zero-order valence-electron chi connectivity index (χ0n) is 15.8. The summed E-state index contributed by atoms with van der Waals surface area (Å²) in [5, 5.41) is 6.56. The van der Waals surface area contributed by atoms with E-state index in [1.165, 1.54) is 0 Å². The normalized spacial score (nSPS) is 10.3. The molecule has 4 heteroatoms. The SMILES string of the molecule is O=C(COc1ccc2ccccc2c1)NN=C(c1ccccc1)c1ccccc1. The molecule has 142 valence electrons. The Labute approximate surface area is 169 Å². The summed E-state index contributed by atoms with van der Waals surface area (Å²) in [6.45, 7) is -0.112. The lowest BCUT2D eigenvalue weighted by atomic mass is 10.0. The Bertz CT molecular complexity index is 1100. The van der Waals surface area contributed by atoms with E-state index in [0.29, 0.717) is 11.5 Å². The molecule has 29 heavy (non-hydrogen) atoms. The van der Waals surface area contributed by atoms with Crippen molar-refractivity contribution >= 4 is 22.4 Å². The Kier molecular flexibility index (Phi) is 5.63. The van der Waals surface area contributed by atoms with E-state index in [9.17, 15) is 4.79 Å². The van der Waals surface area contributed by atoms with Crippen LogP contribution < -0.4 is 10.2 Å². The highest BCUT2D eigenvalue weighted by atomic mass is 16.5. The summed E-state index contributed by atoms with van der Waals surface area (Å²) in [4.78, 5) is 12.3. The van der Waals surface area contributed by atoms with Crippen LogP contribution in [0.5, 0.6) is 5.75 Å². The standard InChI is InChI=1S/C25H20N2O2/c28-24(18-29-23-16-15-19-9-7-8-14-22(19)17-23)26-27-25(20-10-3-1-4-11-20)21-12-5-2-6-13-21/h1-17H,18H2,(H,26,28). The minimum Gasteiger partial charge on any atom is -0.484 e. The third-order valence-electron chi connectivity index (χ3n) is 4.48. The maximum Gasteiger partial charge on any atom is 0.277 e. The first-order valence-corrected chi connectivity index (χ1v) is 9.38. The van der Waals surface area contributed by atoms with Crippen LogP contribution in [0.2, 0.25) is 0 Å². The molecule has 0 fully saturated rings. The zero-order chi connectivity index (χ0) is 19.9. The summed E-state index contributed by atoms with van der Waals surface area (Å²) in [6.07, 6.45) is 0. The molecule has 0 spiro atoms. The lowest BCUT2D eigenvalue weighted by Gasteiger charge is -2.09. The van der Waals surface area contributed by atoms with Gasteiger partial charge in [0.05, 0.1) is 5.71 Å². The molecule has 4 nitrogen and oxygen atoms in total. The van der Waals surface area contributed by atoms with Crippen molar-refractivity contribution in [3.63, 3.8) is 0 Å². The van der Waals surface area contributed by atoms with E-state index in [4.69, 9.17) is 4.74 Å². The summed E-state index contributed by atoms with van der Waals surface area (Å²) in [7, 11) is 0. The van der Waals surface area contributed by atoms with Crippen LogP contribution in [0.1, 0.15) is 11.1 Å². The molecule has 0 aliphatic heterocycles. The molecule has 0 saturated carbocycles. The first kappa shape index (κ1) is 18.4. The molecule has 0 heterocycles. The first-order chi connectivity index (χ1) is 14.3. The van der Waals surface area contributed by atoms with Crippen molar-refractivity contribution < 1.29 is 9.53 Å². The maximum atomic E-state index is 12.3. The van der Waals surface area contributed by atoms with Gasteiger partial charge < -0.3 is 4.74 Å². The van der Waals surface area contributed by atoms with E-state index in [-0.39, 0.29) is 12.5 Å². The van der Waals surface area contributed by atoms with Crippen molar-refractivity contribution in [1.82, 2.24) is 5.43 Å². The Morgan fingerprint density at radius 2 is 1.31 bits per heavy atom. The molecular formula is C25H20N2O2. The van der Waals surface area contributed by atoms with E-state index in [1.807, 2.05) is 103 Å². The van der Waals surface area contributed by atoms with Crippen molar-refractivity contribution in [1.29, 1.82) is 0 Å². The number of carbonyl (C=O) groups is 1. The van der Waals surface area contributed by atoms with Gasteiger partial charge in [-0.15, -0.1) is 0 Å². The molecule has 1 N–H and O–H groups in total. The number of ether oxygens (including phenoxy) is 1. The molecular weight excluding hydrogens is 360 g/mol. The molecule has 0 bridgehead atoms. The molecule has 0 radical (unpaired) electrons. The molecule has 0 atom stereocenters. The van der Waals surface area contributed by atoms with Crippen LogP contribution in [0, 0.1) is 0 Å². The Morgan fingerprint density at radius 1 is 0.724 bits per heavy atom. The number of carbonyl (C=O) groups excluding carboxylic acids is 1. The lowest BCUT2D eigenvalue weighted by molar-refractivity contribution is -0.123. The van der Waals surface area contributed by atoms with Gasteiger partial charge in [0.25, 0.3) is 5.91 Å². The van der Waals surface area contributed by atoms with Gasteiger partial charge in [0, 0.05) is 11.1 Å². The van der Waals surface area contributed by atoms with Crippen molar-refractivity contribution in [3.05, 3.63) is 114 Å². The Balaban J connectivity index is 1.46. The van der Waals surface area contributed by atoms with Gasteiger partial charge in [-0.2, -0.15) is 5.10 Å². The van der Waals surface area contributed by atoms with Crippen LogP contribution in [-0.2, 0) is 4.79 Å². The minimum absolute atomic E-state index is 0.112. The van der Waals surface area contributed by atoms with Crippen LogP contribution in [-0.4, -0.2) is 18.2 Å². The number of benzene rings is 4. The highest BCUT2D eigenvalue weighted by molar-refractivity contribution is 6.13. The predicted octanol–water partition coefficient (Wildman–Crippen LogP) is 4.79. The summed E-state index contributed by atoms with van der Waals surface area (Å²) in [5.74, 6) is 0.330. The Morgan fingerprint density at radius 3 is 1.97 bits per heavy atom. The number of nitrogens with zero attached hydrogens (tertiary/aromatic N) is 1. The van der Waals surface area contributed by atoms with E-state index in [2.05, 4.69) is 10.5 Å². The summed E-state index contributed by atoms with van der Waals surface area (Å²) in [6, 6.07) is 33.3. The second-order valence-corrected chi connectivity index (χ2v) is 6.53. The second kappa shape index (κ2) is 8.85. The smallest absolute Gasteiger partial charge is 0.277 e. The van der Waals surface area contributed by atoms with Gasteiger partial charge in [0.1, 0.15) is 5.75 Å². The molecule has 0 aliphatic carbocycles. The largest absolute Gasteiger partial charge is 0.484 e. The van der Waals surface area contributed by atoms with Gasteiger partial charge in [0.2, 0.25) is 0 Å². The number of nitrogens with one attached hydrogen (secondary N) is 1. The third-order valence-corrected chi connectivity index (χ3v) is 4.48. The molecule has 4 rings (SSSR count). The number of fused-ring (bicyclic) bond motifs is 1. The zero-order valence-corrected chi connectivity index (χ0v) is 15.8. The fraction of sp³-hybridized carbons (Fsp3) is 0.0400. The second-order valence-electron chi connectivity index (χ2n) is 6.53. The van der Waals surface area contributed by atoms with Crippen molar-refractivity contribution in [3.8, 4) is 5.75 Å². The minimum atomic E-state index is -0.317. The van der Waals surface area contributed by atoms with Gasteiger partial charge in [-0.25, -0.2) is 5.43 Å². The topological polar surface area (TPSA) is 50.7 Å². The van der Waals surface area contributed by atoms with Gasteiger partial charge >= 0.3 is 0 Å². The quantitative estimate of drug-likeness (QED) is 0.386. The van der Waals surface area contributed by atoms with Crippen LogP contribution in [0.25, 0.3) is 10.8 Å². The molecule has 0 unspecified atom stereocenters. The molecule has 0 aromatic heterocycles. The molecule has 0 aliphatic rings. The summed E-state index contributed by atoms with van der Waals surface area (Å²) in [5.41, 5.74) is 5.16. The average Bonchev–Trinajstić information content (AvgIpc) is 2.79. The predicted molar refractivity (Wildman–Crippen MR) is 116 cm³/mol. The fourth-order valence-corrected chi connectivity index (χ4v) is 3.04. The number of hydrogen-bond acceptors (Lipinski definition) is 3. The van der Waals surface area contributed by atoms with E-state index in [0.717, 1.165) is 21.9 Å². The highest BCUT2D eigenvalue weighted by Crippen LogP contribution is 2.20. The third kappa shape index (κ3) is 4.68. The number of amides is 1. The first-order valence-electron chi connectivity index (χ1n) is 9.38. The molecule has 4 aromatic carbocycles. The lowest BCUT2D eigenvalue weighted by Crippen LogP contribution is -2.26. The Hall–Kier alpha value is -3.92. The van der Waals surface area contributed by atoms with E-state index >= 15 is 0 Å². The van der Waals surface area contributed by atoms with Crippen LogP contribution in [0.4, 0.5) is 0 Å². The number of rotatable bonds is 6. The monoisotopic (exact) mass is 380 g/mol. The van der Waals surface area contributed by atoms with Crippen molar-refractivity contribution in [2.75, 3.05) is 6.61 Å². The van der Waals surface area contributed by atoms with E-state index in [1.54, 1.807) is 0 Å². The summed E-state index contributed by atoms with van der Waals surface area (Å²) < 4.78 is 5.64. The highest BCUT2D eigenvalue weighted by Gasteiger charge is 2.08. The van der Waals surface area contributed by atoms with E-state index < -0.39 is 0 Å². The fourth-order valence-electron chi connectivity index (χ4n) is 3.04. The average molecular weight is 380 g/mol. The molecule has 4 aromatic rings. The maximum absolute atomic E-state index is 12.3. The van der Waals surface area contributed by atoms with Crippen LogP contribution in [0.3, 0.4) is 0 Å². The molecule has 0 saturated heterocycles.